The number of rotatable bonds is 9. The van der Waals surface area contributed by atoms with Crippen molar-refractivity contribution in [1.82, 2.24) is 0 Å². The zero-order valence-corrected chi connectivity index (χ0v) is 16.2. The zero-order chi connectivity index (χ0) is 20.5. The molecule has 0 spiro atoms. The van der Waals surface area contributed by atoms with Crippen molar-refractivity contribution in [2.24, 2.45) is 0 Å². The number of hydrogen-bond acceptors (Lipinski definition) is 7. The van der Waals surface area contributed by atoms with E-state index in [1.807, 2.05) is 0 Å². The van der Waals surface area contributed by atoms with Gasteiger partial charge in [-0.15, -0.1) is 0 Å². The topological polar surface area (TPSA) is 80.3 Å². The highest BCUT2D eigenvalue weighted by atomic mass is 16.5. The van der Waals surface area contributed by atoms with Gasteiger partial charge in [0.1, 0.15) is 11.5 Å². The molecular formula is C21H22O7. The number of ether oxygens (including phenoxy) is 5. The van der Waals surface area contributed by atoms with E-state index >= 15 is 0 Å². The monoisotopic (exact) mass is 386 g/mol. The second kappa shape index (κ2) is 10.0. The molecule has 0 N–H and O–H groups in total. The molecule has 0 saturated carbocycles. The van der Waals surface area contributed by atoms with E-state index in [2.05, 4.69) is 0 Å². The zero-order valence-electron chi connectivity index (χ0n) is 16.2. The highest BCUT2D eigenvalue weighted by Crippen LogP contribution is 2.27. The van der Waals surface area contributed by atoms with Gasteiger partial charge in [0.2, 0.25) is 0 Å². The average Bonchev–Trinajstić information content (AvgIpc) is 2.74. The molecule has 0 unspecified atom stereocenters. The minimum atomic E-state index is -0.643. The lowest BCUT2D eigenvalue weighted by atomic mass is 10.1. The molecule has 0 radical (unpaired) electrons. The number of hydrogen-bond donors (Lipinski definition) is 0. The van der Waals surface area contributed by atoms with Gasteiger partial charge >= 0.3 is 5.97 Å². The Morgan fingerprint density at radius 1 is 0.821 bits per heavy atom. The van der Waals surface area contributed by atoms with Crippen LogP contribution in [0.25, 0.3) is 6.08 Å². The van der Waals surface area contributed by atoms with Crippen molar-refractivity contribution in [2.75, 3.05) is 35.0 Å². The maximum atomic E-state index is 12.2. The summed E-state index contributed by atoms with van der Waals surface area (Å²) in [6.45, 7) is -0.389. The van der Waals surface area contributed by atoms with Gasteiger partial charge in [-0.3, -0.25) is 4.79 Å². The van der Waals surface area contributed by atoms with Crippen LogP contribution in [0.4, 0.5) is 0 Å². The normalized spacial score (nSPS) is 10.4. The van der Waals surface area contributed by atoms with Gasteiger partial charge in [-0.2, -0.15) is 0 Å². The van der Waals surface area contributed by atoms with E-state index in [4.69, 9.17) is 23.7 Å². The highest BCUT2D eigenvalue weighted by Gasteiger charge is 2.12. The molecule has 28 heavy (non-hydrogen) atoms. The fourth-order valence-corrected chi connectivity index (χ4v) is 2.37. The van der Waals surface area contributed by atoms with Gasteiger partial charge in [0.25, 0.3) is 0 Å². The number of esters is 1. The van der Waals surface area contributed by atoms with Crippen molar-refractivity contribution >= 4 is 17.8 Å². The van der Waals surface area contributed by atoms with Gasteiger partial charge in [0.05, 0.1) is 28.4 Å². The molecule has 0 aliphatic carbocycles. The van der Waals surface area contributed by atoms with Crippen molar-refractivity contribution in [3.8, 4) is 23.0 Å². The van der Waals surface area contributed by atoms with Gasteiger partial charge in [0.15, 0.2) is 23.9 Å². The van der Waals surface area contributed by atoms with E-state index in [1.54, 1.807) is 36.4 Å². The number of benzene rings is 2. The Morgan fingerprint density at radius 2 is 1.46 bits per heavy atom. The summed E-state index contributed by atoms with van der Waals surface area (Å²) in [6, 6.07) is 9.92. The second-order valence-corrected chi connectivity index (χ2v) is 5.58. The third-order valence-corrected chi connectivity index (χ3v) is 3.84. The molecule has 0 saturated heterocycles. The summed E-state index contributed by atoms with van der Waals surface area (Å²) < 4.78 is 25.6. The van der Waals surface area contributed by atoms with Crippen molar-refractivity contribution in [3.63, 3.8) is 0 Å². The predicted octanol–water partition coefficient (Wildman–Crippen LogP) is 3.16. The van der Waals surface area contributed by atoms with Crippen LogP contribution in [0.3, 0.4) is 0 Å². The molecule has 0 aliphatic rings. The minimum Gasteiger partial charge on any atom is -0.497 e. The van der Waals surface area contributed by atoms with E-state index in [-0.39, 0.29) is 12.4 Å². The molecule has 2 aromatic rings. The molecular weight excluding hydrogens is 364 g/mol. The molecule has 0 fully saturated rings. The average molecular weight is 386 g/mol. The fraction of sp³-hybridized carbons (Fsp3) is 0.238. The predicted molar refractivity (Wildman–Crippen MR) is 103 cm³/mol. The lowest BCUT2D eigenvalue weighted by Crippen LogP contribution is -2.12. The Labute approximate surface area is 163 Å². The van der Waals surface area contributed by atoms with E-state index < -0.39 is 5.97 Å². The molecule has 0 aliphatic heterocycles. The molecule has 0 amide bonds. The first kappa shape index (κ1) is 20.8. The molecule has 2 aromatic carbocycles. The number of carbonyl (C=O) groups is 2. The Kier molecular flexibility index (Phi) is 7.45. The van der Waals surface area contributed by atoms with Crippen LogP contribution >= 0.6 is 0 Å². The highest BCUT2D eigenvalue weighted by molar-refractivity contribution is 5.99. The minimum absolute atomic E-state index is 0.354. The van der Waals surface area contributed by atoms with E-state index in [1.165, 1.54) is 40.6 Å². The summed E-state index contributed by atoms with van der Waals surface area (Å²) in [6.07, 6.45) is 2.78. The first-order valence-corrected chi connectivity index (χ1v) is 8.33. The quantitative estimate of drug-likeness (QED) is 0.372. The first-order valence-electron chi connectivity index (χ1n) is 8.33. The number of carbonyl (C=O) groups excluding carboxylic acids is 2. The van der Waals surface area contributed by atoms with Crippen LogP contribution in [0.15, 0.2) is 42.5 Å². The first-order chi connectivity index (χ1) is 13.5. The van der Waals surface area contributed by atoms with Crippen molar-refractivity contribution < 1.29 is 33.3 Å². The van der Waals surface area contributed by atoms with Crippen LogP contribution in [0.2, 0.25) is 0 Å². The number of Topliss-reactive ketones (excluding diaryl/α,β-unsaturated/α-hetero) is 1. The summed E-state index contributed by atoms with van der Waals surface area (Å²) in [7, 11) is 6.06. The maximum Gasteiger partial charge on any atom is 0.331 e. The summed E-state index contributed by atoms with van der Waals surface area (Å²) in [4.78, 5) is 24.1. The standard InChI is InChI=1S/C21H22O7/c1-24-16-9-14(10-17(12-16)25-2)5-8-21(23)28-13-18(22)15-6-7-19(26-3)20(11-15)27-4/h5-12H,13H2,1-4H3/b8-5+. The number of ketones is 1. The molecule has 7 nitrogen and oxygen atoms in total. The van der Waals surface area contributed by atoms with Crippen LogP contribution in [0.5, 0.6) is 23.0 Å². The van der Waals surface area contributed by atoms with Gasteiger partial charge < -0.3 is 23.7 Å². The summed E-state index contributed by atoms with van der Waals surface area (Å²) >= 11 is 0. The van der Waals surface area contributed by atoms with Gasteiger partial charge in [-0.25, -0.2) is 4.79 Å². The van der Waals surface area contributed by atoms with Gasteiger partial charge in [0, 0.05) is 17.7 Å². The van der Waals surface area contributed by atoms with E-state index in [0.717, 1.165) is 0 Å². The van der Waals surface area contributed by atoms with E-state index in [0.29, 0.717) is 34.1 Å². The Bertz CT molecular complexity index is 849. The van der Waals surface area contributed by atoms with Gasteiger partial charge in [-0.1, -0.05) is 0 Å². The molecule has 0 atom stereocenters. The second-order valence-electron chi connectivity index (χ2n) is 5.58. The van der Waals surface area contributed by atoms with Crippen molar-refractivity contribution in [2.45, 2.75) is 0 Å². The third-order valence-electron chi connectivity index (χ3n) is 3.84. The Morgan fingerprint density at radius 3 is 2.04 bits per heavy atom. The lowest BCUT2D eigenvalue weighted by molar-refractivity contribution is -0.136. The van der Waals surface area contributed by atoms with Crippen molar-refractivity contribution in [1.29, 1.82) is 0 Å². The fourth-order valence-electron chi connectivity index (χ4n) is 2.37. The molecule has 0 heterocycles. The molecule has 2 rings (SSSR count). The third kappa shape index (κ3) is 5.51. The Hall–Kier alpha value is -3.48. The van der Waals surface area contributed by atoms with Crippen LogP contribution in [-0.4, -0.2) is 46.8 Å². The van der Waals surface area contributed by atoms with Crippen LogP contribution in [-0.2, 0) is 9.53 Å². The summed E-state index contributed by atoms with van der Waals surface area (Å²) in [5, 5.41) is 0. The smallest absolute Gasteiger partial charge is 0.331 e. The van der Waals surface area contributed by atoms with Gasteiger partial charge in [-0.05, 0) is 42.0 Å². The van der Waals surface area contributed by atoms with Crippen LogP contribution in [0, 0.1) is 0 Å². The summed E-state index contributed by atoms with van der Waals surface area (Å²) in [5.41, 5.74) is 1.05. The lowest BCUT2D eigenvalue weighted by Gasteiger charge is -2.09. The molecule has 148 valence electrons. The van der Waals surface area contributed by atoms with Crippen LogP contribution < -0.4 is 18.9 Å². The van der Waals surface area contributed by atoms with Crippen LogP contribution in [0.1, 0.15) is 15.9 Å². The largest absolute Gasteiger partial charge is 0.497 e. The molecule has 7 heteroatoms. The molecule has 0 bridgehead atoms. The molecule has 0 aromatic heterocycles. The maximum absolute atomic E-state index is 12.2. The Balaban J connectivity index is 1.98. The number of methoxy groups -OCH3 is 4. The van der Waals surface area contributed by atoms with Crippen molar-refractivity contribution in [3.05, 3.63) is 53.6 Å². The summed E-state index contributed by atoms with van der Waals surface area (Å²) in [5.74, 6) is 1.12. The SMILES string of the molecule is COc1cc(/C=C/C(=O)OCC(=O)c2ccc(OC)c(OC)c2)cc(OC)c1. The van der Waals surface area contributed by atoms with E-state index in [9.17, 15) is 9.59 Å².